The first-order valence-electron chi connectivity index (χ1n) is 41.5. The quantitative estimate of drug-likeness (QED) is 0.0222. The number of carbonyl (C=O) groups is 4. The van der Waals surface area contributed by atoms with Gasteiger partial charge in [-0.15, -0.1) is 0 Å². The standard InChI is InChI=1S/C80H156O17P2/c1-7-10-12-14-16-18-20-22-30-34-38-45-51-57-63-78(83)90-68-75(96-79(84)64-58-52-46-39-35-31-28-26-24-23-25-27-29-32-36-42-48-54-60-72(4)5)70-94-98(86,87)92-66-74(81)67-93-99(88,89)95-71-76(97-80(85)65-59-53-47-41-40-43-49-55-61-73(6)9-3)69-91-77(82)62-56-50-44-37-33-21-19-17-15-13-11-8-2/h72-76,81H,7-71H2,1-6H3,(H,86,87)(H,88,89)/t73?,74-,75-,76-/m1/s1. The van der Waals surface area contributed by atoms with Crippen LogP contribution in [0, 0.1) is 11.8 Å². The predicted octanol–water partition coefficient (Wildman–Crippen LogP) is 23.9. The van der Waals surface area contributed by atoms with Crippen molar-refractivity contribution in [3.8, 4) is 0 Å². The molecule has 0 aromatic rings. The van der Waals surface area contributed by atoms with Gasteiger partial charge in [0.1, 0.15) is 19.3 Å². The van der Waals surface area contributed by atoms with E-state index in [-0.39, 0.29) is 25.7 Å². The highest BCUT2D eigenvalue weighted by molar-refractivity contribution is 7.47. The van der Waals surface area contributed by atoms with Gasteiger partial charge in [0.2, 0.25) is 0 Å². The fourth-order valence-corrected chi connectivity index (χ4v) is 13.9. The molecule has 6 atom stereocenters. The average molecular weight is 1450 g/mol. The van der Waals surface area contributed by atoms with E-state index in [9.17, 15) is 43.2 Å². The van der Waals surface area contributed by atoms with E-state index in [1.54, 1.807) is 0 Å². The van der Waals surface area contributed by atoms with Crippen molar-refractivity contribution in [3.05, 3.63) is 0 Å². The summed E-state index contributed by atoms with van der Waals surface area (Å²) in [5.41, 5.74) is 0. The second-order valence-corrected chi connectivity index (χ2v) is 32.4. The minimum atomic E-state index is -4.96. The highest BCUT2D eigenvalue weighted by atomic mass is 31.2. The molecule has 0 aliphatic rings. The van der Waals surface area contributed by atoms with E-state index in [0.29, 0.717) is 25.7 Å². The van der Waals surface area contributed by atoms with E-state index >= 15 is 0 Å². The molecule has 0 saturated carbocycles. The summed E-state index contributed by atoms with van der Waals surface area (Å²) in [5.74, 6) is -0.520. The lowest BCUT2D eigenvalue weighted by atomic mass is 9.99. The van der Waals surface area contributed by atoms with Crippen LogP contribution >= 0.6 is 15.6 Å². The lowest BCUT2D eigenvalue weighted by Gasteiger charge is -2.21. The summed E-state index contributed by atoms with van der Waals surface area (Å²) >= 11 is 0. The van der Waals surface area contributed by atoms with E-state index in [1.807, 2.05) is 0 Å². The summed E-state index contributed by atoms with van der Waals surface area (Å²) in [6.07, 6.45) is 60.9. The van der Waals surface area contributed by atoms with Crippen LogP contribution in [0.3, 0.4) is 0 Å². The van der Waals surface area contributed by atoms with E-state index < -0.39 is 97.5 Å². The fraction of sp³-hybridized carbons (Fsp3) is 0.950. The molecular weight excluding hydrogens is 1290 g/mol. The molecule has 19 heteroatoms. The molecule has 3 unspecified atom stereocenters. The Morgan fingerprint density at radius 1 is 0.293 bits per heavy atom. The lowest BCUT2D eigenvalue weighted by molar-refractivity contribution is -0.161. The van der Waals surface area contributed by atoms with Gasteiger partial charge >= 0.3 is 39.5 Å². The summed E-state index contributed by atoms with van der Waals surface area (Å²) in [6, 6.07) is 0. The smallest absolute Gasteiger partial charge is 0.462 e. The van der Waals surface area contributed by atoms with Crippen LogP contribution in [0.15, 0.2) is 0 Å². The van der Waals surface area contributed by atoms with Gasteiger partial charge in [-0.25, -0.2) is 9.13 Å². The molecule has 0 spiro atoms. The number of ether oxygens (including phenoxy) is 4. The van der Waals surface area contributed by atoms with Gasteiger partial charge in [-0.05, 0) is 37.5 Å². The normalized spacial score (nSPS) is 14.2. The Morgan fingerprint density at radius 3 is 0.768 bits per heavy atom. The van der Waals surface area contributed by atoms with E-state index in [0.717, 1.165) is 102 Å². The van der Waals surface area contributed by atoms with Crippen molar-refractivity contribution < 1.29 is 80.2 Å². The Bertz CT molecular complexity index is 1910. The number of aliphatic hydroxyl groups is 1. The van der Waals surface area contributed by atoms with Crippen LogP contribution in [0.2, 0.25) is 0 Å². The Labute approximate surface area is 607 Å². The molecule has 0 fully saturated rings. The van der Waals surface area contributed by atoms with Crippen LogP contribution in [0.5, 0.6) is 0 Å². The van der Waals surface area contributed by atoms with Gasteiger partial charge in [0, 0.05) is 25.7 Å². The number of carbonyl (C=O) groups excluding carboxylic acids is 4. The molecule has 0 aromatic carbocycles. The van der Waals surface area contributed by atoms with Gasteiger partial charge in [-0.1, -0.05) is 369 Å². The number of hydrogen-bond acceptors (Lipinski definition) is 15. The van der Waals surface area contributed by atoms with Crippen molar-refractivity contribution in [1.82, 2.24) is 0 Å². The molecule has 0 heterocycles. The van der Waals surface area contributed by atoms with Crippen molar-refractivity contribution in [1.29, 1.82) is 0 Å². The molecule has 0 aromatic heterocycles. The molecule has 0 radical (unpaired) electrons. The Balaban J connectivity index is 5.22. The molecule has 0 saturated heterocycles. The third-order valence-electron chi connectivity index (χ3n) is 19.1. The molecule has 0 amide bonds. The van der Waals surface area contributed by atoms with Gasteiger partial charge < -0.3 is 33.8 Å². The largest absolute Gasteiger partial charge is 0.472 e. The Hall–Kier alpha value is -1.94. The minimum absolute atomic E-state index is 0.106. The highest BCUT2D eigenvalue weighted by Gasteiger charge is 2.30. The van der Waals surface area contributed by atoms with Crippen molar-refractivity contribution in [3.63, 3.8) is 0 Å². The zero-order valence-electron chi connectivity index (χ0n) is 64.8. The molecule has 17 nitrogen and oxygen atoms in total. The zero-order chi connectivity index (χ0) is 72.8. The molecule has 0 bridgehead atoms. The maximum Gasteiger partial charge on any atom is 0.472 e. The molecule has 99 heavy (non-hydrogen) atoms. The van der Waals surface area contributed by atoms with Gasteiger partial charge in [0.05, 0.1) is 26.4 Å². The first-order valence-corrected chi connectivity index (χ1v) is 44.5. The van der Waals surface area contributed by atoms with Gasteiger partial charge in [-0.2, -0.15) is 0 Å². The maximum absolute atomic E-state index is 13.1. The second kappa shape index (κ2) is 71.7. The van der Waals surface area contributed by atoms with E-state index in [2.05, 4.69) is 41.5 Å². The fourth-order valence-electron chi connectivity index (χ4n) is 12.3. The SMILES string of the molecule is CCCCCCCCCCCCCCCCC(=O)OC[C@H](COP(=O)(O)OC[C@@H](O)COP(=O)(O)OC[C@@H](COC(=O)CCCCCCCCCCCCCC)OC(=O)CCCCCCCCCCC(C)CC)OC(=O)CCCCCCCCCCCCCCCCCCCCC(C)C. The number of phosphoric acid groups is 2. The third kappa shape index (κ3) is 72.8. The minimum Gasteiger partial charge on any atom is -0.462 e. The monoisotopic (exact) mass is 1450 g/mol. The van der Waals surface area contributed by atoms with E-state index in [4.69, 9.17) is 37.0 Å². The first-order chi connectivity index (χ1) is 47.9. The van der Waals surface area contributed by atoms with Crippen LogP contribution in [0.1, 0.15) is 420 Å². The first kappa shape index (κ1) is 97.1. The van der Waals surface area contributed by atoms with Gasteiger partial charge in [0.15, 0.2) is 12.2 Å². The summed E-state index contributed by atoms with van der Waals surface area (Å²) < 4.78 is 68.7. The number of hydrogen-bond donors (Lipinski definition) is 3. The lowest BCUT2D eigenvalue weighted by Crippen LogP contribution is -2.30. The Kier molecular flexibility index (Phi) is 70.3. The molecule has 0 aliphatic heterocycles. The molecular formula is C80H156O17P2. The summed E-state index contributed by atoms with van der Waals surface area (Å²) in [7, 11) is -9.92. The number of esters is 4. The second-order valence-electron chi connectivity index (χ2n) is 29.5. The molecule has 588 valence electrons. The van der Waals surface area contributed by atoms with Gasteiger partial charge in [-0.3, -0.25) is 37.3 Å². The number of rotatable bonds is 79. The van der Waals surface area contributed by atoms with Crippen LogP contribution in [-0.2, 0) is 65.4 Å². The maximum atomic E-state index is 13.1. The number of unbranched alkanes of at least 4 members (excludes halogenated alkanes) is 48. The van der Waals surface area contributed by atoms with E-state index in [1.165, 1.54) is 238 Å². The molecule has 0 rings (SSSR count). The van der Waals surface area contributed by atoms with Crippen LogP contribution in [0.25, 0.3) is 0 Å². The van der Waals surface area contributed by atoms with Crippen molar-refractivity contribution in [2.75, 3.05) is 39.6 Å². The molecule has 3 N–H and O–H groups in total. The highest BCUT2D eigenvalue weighted by Crippen LogP contribution is 2.45. The Morgan fingerprint density at radius 2 is 0.515 bits per heavy atom. The topological polar surface area (TPSA) is 237 Å². The third-order valence-corrected chi connectivity index (χ3v) is 21.0. The summed E-state index contributed by atoms with van der Waals surface area (Å²) in [6.45, 7) is 9.66. The van der Waals surface area contributed by atoms with Crippen molar-refractivity contribution in [2.45, 2.75) is 439 Å². The molecule has 0 aliphatic carbocycles. The van der Waals surface area contributed by atoms with Crippen molar-refractivity contribution >= 4 is 39.5 Å². The predicted molar refractivity (Wildman–Crippen MR) is 405 cm³/mol. The van der Waals surface area contributed by atoms with Gasteiger partial charge in [0.25, 0.3) is 0 Å². The van der Waals surface area contributed by atoms with Crippen LogP contribution in [-0.4, -0.2) is 96.7 Å². The van der Waals surface area contributed by atoms with Crippen molar-refractivity contribution in [2.24, 2.45) is 11.8 Å². The summed E-state index contributed by atoms with van der Waals surface area (Å²) in [4.78, 5) is 73.0. The number of phosphoric ester groups is 2. The van der Waals surface area contributed by atoms with Crippen LogP contribution < -0.4 is 0 Å². The zero-order valence-corrected chi connectivity index (χ0v) is 66.6. The summed E-state index contributed by atoms with van der Waals surface area (Å²) in [5, 5.41) is 10.6. The number of aliphatic hydroxyl groups excluding tert-OH is 1. The average Bonchev–Trinajstić information content (AvgIpc) is 1.08. The van der Waals surface area contributed by atoms with Crippen LogP contribution in [0.4, 0.5) is 0 Å².